The van der Waals surface area contributed by atoms with Crippen molar-refractivity contribution < 1.29 is 84.0 Å². The predicted molar refractivity (Wildman–Crippen MR) is 157 cm³/mol. The fourth-order valence-corrected chi connectivity index (χ4v) is 5.52. The first-order valence-electron chi connectivity index (χ1n) is 14.8. The van der Waals surface area contributed by atoms with Crippen LogP contribution in [0.3, 0.4) is 0 Å². The lowest BCUT2D eigenvalue weighted by Gasteiger charge is -2.43. The number of carbonyl (C=O) groups is 2. The molecule has 2 heterocycles. The van der Waals surface area contributed by atoms with Gasteiger partial charge in [0.1, 0.15) is 55.4 Å². The summed E-state index contributed by atoms with van der Waals surface area (Å²) >= 11 is 0. The Kier molecular flexibility index (Phi) is 13.7. The molecule has 0 bridgehead atoms. The molecule has 9 N–H and O–H groups in total. The van der Waals surface area contributed by atoms with Gasteiger partial charge in [0.05, 0.1) is 46.4 Å². The summed E-state index contributed by atoms with van der Waals surface area (Å²) in [6.07, 6.45) is -12.9. The first-order valence-corrected chi connectivity index (χ1v) is 14.8. The van der Waals surface area contributed by atoms with Gasteiger partial charge in [0.2, 0.25) is 12.0 Å². The van der Waals surface area contributed by atoms with E-state index in [-0.39, 0.29) is 30.3 Å². The molecule has 0 unspecified atom stereocenters. The zero-order chi connectivity index (χ0) is 35.1. The monoisotopic (exact) mass is 676 g/mol. The Labute approximate surface area is 270 Å². The van der Waals surface area contributed by atoms with Crippen molar-refractivity contribution >= 4 is 18.0 Å². The average Bonchev–Trinajstić information content (AvgIpc) is 3.03. The van der Waals surface area contributed by atoms with Crippen LogP contribution in [0.5, 0.6) is 17.2 Å². The molecule has 1 aromatic rings. The molecule has 0 radical (unpaired) electrons. The van der Waals surface area contributed by atoms with E-state index in [2.05, 4.69) is 0 Å². The van der Waals surface area contributed by atoms with Gasteiger partial charge in [0.25, 0.3) is 0 Å². The molecule has 2 saturated heterocycles. The van der Waals surface area contributed by atoms with E-state index >= 15 is 0 Å². The van der Waals surface area contributed by atoms with Crippen LogP contribution in [0, 0.1) is 5.41 Å². The largest absolute Gasteiger partial charge is 0.493 e. The van der Waals surface area contributed by atoms with E-state index in [0.717, 1.165) is 0 Å². The lowest BCUT2D eigenvalue weighted by atomic mass is 9.76. The molecule has 0 spiro atoms. The normalized spacial score (nSPS) is 32.4. The van der Waals surface area contributed by atoms with Crippen LogP contribution in [0.15, 0.2) is 18.2 Å². The maximum atomic E-state index is 12.7. The number of benzene rings is 1. The fourth-order valence-electron chi connectivity index (χ4n) is 5.52. The molecule has 11 atom stereocenters. The summed E-state index contributed by atoms with van der Waals surface area (Å²) in [5, 5.41) is 89.3. The van der Waals surface area contributed by atoms with Gasteiger partial charge in [-0.25, -0.2) is 0 Å². The van der Waals surface area contributed by atoms with Gasteiger partial charge in [0, 0.05) is 0 Å². The molecule has 17 heteroatoms. The Hall–Kier alpha value is -3.10. The summed E-state index contributed by atoms with van der Waals surface area (Å²) in [5.74, 6) is -1.76. The zero-order valence-electron chi connectivity index (χ0n) is 26.1. The van der Waals surface area contributed by atoms with Crippen LogP contribution in [0.2, 0.25) is 0 Å². The Bertz CT molecular complexity index is 1200. The van der Waals surface area contributed by atoms with Crippen molar-refractivity contribution in [1.29, 1.82) is 0 Å². The predicted octanol–water partition coefficient (Wildman–Crippen LogP) is -2.46. The minimum absolute atomic E-state index is 0.0139. The lowest BCUT2D eigenvalue weighted by molar-refractivity contribution is -0.277. The van der Waals surface area contributed by atoms with E-state index in [0.29, 0.717) is 5.56 Å². The van der Waals surface area contributed by atoms with Crippen molar-refractivity contribution in [3.63, 3.8) is 0 Å². The SMILES string of the molecule is COc1cc(/C=C/COC(=O)C[C@](C)(CC(=O)O)C[C@@H]2O[C@H](CO)[C@@H](O)[C@H](O)[C@H]2O)cc(OC)c1O[C@@H]1O[C@H](CO)[C@@H](O)[C@H](O)[C@H]1O. The maximum absolute atomic E-state index is 12.7. The van der Waals surface area contributed by atoms with Crippen LogP contribution in [0.4, 0.5) is 0 Å². The summed E-state index contributed by atoms with van der Waals surface area (Å²) in [5.41, 5.74) is -0.799. The molecule has 0 amide bonds. The molecule has 3 rings (SSSR count). The third-order valence-electron chi connectivity index (χ3n) is 8.05. The number of hydrogen-bond acceptors (Lipinski definition) is 16. The van der Waals surface area contributed by atoms with Crippen LogP contribution < -0.4 is 14.2 Å². The van der Waals surface area contributed by atoms with Gasteiger partial charge in [0.15, 0.2) is 11.5 Å². The smallest absolute Gasteiger partial charge is 0.306 e. The first kappa shape index (κ1) is 38.3. The second kappa shape index (κ2) is 16.8. The molecule has 2 aliphatic heterocycles. The van der Waals surface area contributed by atoms with E-state index < -0.39 is 105 Å². The molecule has 266 valence electrons. The van der Waals surface area contributed by atoms with Crippen molar-refractivity contribution in [2.45, 2.75) is 87.4 Å². The number of aliphatic hydroxyl groups excluding tert-OH is 8. The number of ether oxygens (including phenoxy) is 6. The minimum Gasteiger partial charge on any atom is -0.493 e. The highest BCUT2D eigenvalue weighted by Gasteiger charge is 2.47. The minimum atomic E-state index is -1.67. The van der Waals surface area contributed by atoms with Gasteiger partial charge in [-0.3, -0.25) is 9.59 Å². The summed E-state index contributed by atoms with van der Waals surface area (Å²) in [4.78, 5) is 24.4. The molecule has 0 saturated carbocycles. The number of hydrogen-bond donors (Lipinski definition) is 9. The quantitative estimate of drug-likeness (QED) is 0.0872. The number of carboxylic acids is 1. The third kappa shape index (κ3) is 9.50. The first-order chi connectivity index (χ1) is 22.2. The van der Waals surface area contributed by atoms with Crippen molar-refractivity contribution in [3.8, 4) is 17.2 Å². The van der Waals surface area contributed by atoms with Crippen LogP contribution in [0.1, 0.15) is 31.7 Å². The van der Waals surface area contributed by atoms with Crippen molar-refractivity contribution in [2.24, 2.45) is 5.41 Å². The van der Waals surface area contributed by atoms with E-state index in [4.69, 9.17) is 28.4 Å². The zero-order valence-corrected chi connectivity index (χ0v) is 26.1. The molecular formula is C30H44O17. The number of aliphatic carboxylic acids is 1. The Morgan fingerprint density at radius 1 is 0.809 bits per heavy atom. The van der Waals surface area contributed by atoms with Crippen LogP contribution in [0.25, 0.3) is 6.08 Å². The second-order valence-corrected chi connectivity index (χ2v) is 11.8. The Morgan fingerprint density at radius 3 is 1.87 bits per heavy atom. The Balaban J connectivity index is 1.66. The molecule has 2 aliphatic rings. The van der Waals surface area contributed by atoms with Crippen LogP contribution >= 0.6 is 0 Å². The molecule has 17 nitrogen and oxygen atoms in total. The lowest BCUT2D eigenvalue weighted by Crippen LogP contribution is -2.60. The summed E-state index contributed by atoms with van der Waals surface area (Å²) in [7, 11) is 2.67. The molecule has 0 aliphatic carbocycles. The standard InChI is InChI=1S/C30H44O17/c1-30(10-20(33)34,9-17-22(36)25(39)23(37)18(12-31)45-17)11-21(35)44-6-4-5-14-7-15(42-2)28(16(8-14)43-3)47-29-27(41)26(40)24(38)19(13-32)46-29/h4-5,7-8,17-19,22-27,29,31-32,36-41H,6,9-13H2,1-3H3,(H,33,34)/b5-4+/t17-,18+,19+,22-,23+,24+,25+,26-,27+,29-,30-/m0/s1. The van der Waals surface area contributed by atoms with E-state index in [1.165, 1.54) is 39.4 Å². The van der Waals surface area contributed by atoms with Gasteiger partial charge in [-0.2, -0.15) is 0 Å². The molecule has 47 heavy (non-hydrogen) atoms. The second-order valence-electron chi connectivity index (χ2n) is 11.8. The fraction of sp³-hybridized carbons (Fsp3) is 0.667. The number of methoxy groups -OCH3 is 2. The summed E-state index contributed by atoms with van der Waals surface area (Å²) in [6, 6.07) is 3.04. The van der Waals surface area contributed by atoms with Crippen molar-refractivity contribution in [2.75, 3.05) is 34.0 Å². The van der Waals surface area contributed by atoms with Crippen LogP contribution in [-0.4, -0.2) is 153 Å². The molecule has 1 aromatic carbocycles. The van der Waals surface area contributed by atoms with Gasteiger partial charge < -0.3 is 74.4 Å². The van der Waals surface area contributed by atoms with E-state index in [1.54, 1.807) is 6.08 Å². The highest BCUT2D eigenvalue weighted by Crippen LogP contribution is 2.41. The summed E-state index contributed by atoms with van der Waals surface area (Å²) in [6.45, 7) is -0.0521. The van der Waals surface area contributed by atoms with Gasteiger partial charge in [-0.15, -0.1) is 0 Å². The van der Waals surface area contributed by atoms with Crippen LogP contribution in [-0.2, 0) is 23.8 Å². The highest BCUT2D eigenvalue weighted by molar-refractivity contribution is 5.73. The van der Waals surface area contributed by atoms with Gasteiger partial charge >= 0.3 is 11.9 Å². The number of aliphatic hydroxyl groups is 8. The van der Waals surface area contributed by atoms with E-state index in [9.17, 15) is 55.5 Å². The van der Waals surface area contributed by atoms with E-state index in [1.807, 2.05) is 0 Å². The number of carboxylic acid groups (broad SMARTS) is 1. The van der Waals surface area contributed by atoms with Gasteiger partial charge in [-0.1, -0.05) is 13.0 Å². The van der Waals surface area contributed by atoms with Gasteiger partial charge in [-0.05, 0) is 35.6 Å². The third-order valence-corrected chi connectivity index (χ3v) is 8.05. The summed E-state index contributed by atoms with van der Waals surface area (Å²) < 4.78 is 32.7. The van der Waals surface area contributed by atoms with Crippen molar-refractivity contribution in [3.05, 3.63) is 23.8 Å². The average molecular weight is 677 g/mol. The molecule has 0 aromatic heterocycles. The topological polar surface area (TPSA) is 272 Å². The Morgan fingerprint density at radius 2 is 1.34 bits per heavy atom. The maximum Gasteiger partial charge on any atom is 0.306 e. The number of rotatable bonds is 15. The molecule has 2 fully saturated rings. The number of carbonyl (C=O) groups excluding carboxylic acids is 1. The molecular weight excluding hydrogens is 632 g/mol. The number of esters is 1. The van der Waals surface area contributed by atoms with Crippen molar-refractivity contribution in [1.82, 2.24) is 0 Å². The highest BCUT2D eigenvalue weighted by atomic mass is 16.7.